The lowest BCUT2D eigenvalue weighted by Gasteiger charge is -2.16. The first-order chi connectivity index (χ1) is 8.72. The summed E-state index contributed by atoms with van der Waals surface area (Å²) >= 11 is 0. The fourth-order valence-corrected chi connectivity index (χ4v) is 1.70. The number of hydrogen-bond donors (Lipinski definition) is 0. The van der Waals surface area contributed by atoms with Crippen LogP contribution in [0.3, 0.4) is 0 Å². The van der Waals surface area contributed by atoms with Crippen molar-refractivity contribution in [2.24, 2.45) is 0 Å². The zero-order valence-corrected chi connectivity index (χ0v) is 11.4. The van der Waals surface area contributed by atoms with Crippen LogP contribution in [0.25, 0.3) is 0 Å². The standard InChI is InChI=1S/C15H22O3/c1-4-11-18-15(14(16)5-2)12-7-9-13(10-8-12)17-6-3/h7-10,15H,4-6,11H2,1-3H3. The quantitative estimate of drug-likeness (QED) is 0.708. The molecule has 18 heavy (non-hydrogen) atoms. The topological polar surface area (TPSA) is 35.5 Å². The third-order valence-electron chi connectivity index (χ3n) is 2.62. The summed E-state index contributed by atoms with van der Waals surface area (Å²) in [6.45, 7) is 7.08. The smallest absolute Gasteiger partial charge is 0.165 e. The summed E-state index contributed by atoms with van der Waals surface area (Å²) < 4.78 is 11.0. The summed E-state index contributed by atoms with van der Waals surface area (Å²) in [6.07, 6.45) is 0.956. The SMILES string of the molecule is CCCOC(C(=O)CC)c1ccc(OCC)cc1. The first-order valence-corrected chi connectivity index (χ1v) is 6.59. The largest absolute Gasteiger partial charge is 0.494 e. The summed E-state index contributed by atoms with van der Waals surface area (Å²) in [6, 6.07) is 7.56. The highest BCUT2D eigenvalue weighted by Crippen LogP contribution is 2.23. The van der Waals surface area contributed by atoms with Crippen molar-refractivity contribution in [1.29, 1.82) is 0 Å². The van der Waals surface area contributed by atoms with Gasteiger partial charge in [-0.1, -0.05) is 26.0 Å². The Kier molecular flexibility index (Phi) is 6.44. The third-order valence-corrected chi connectivity index (χ3v) is 2.62. The van der Waals surface area contributed by atoms with E-state index in [2.05, 4.69) is 0 Å². The number of benzene rings is 1. The molecule has 0 saturated carbocycles. The molecule has 3 nitrogen and oxygen atoms in total. The Bertz CT molecular complexity index is 357. The second-order valence-corrected chi connectivity index (χ2v) is 4.07. The van der Waals surface area contributed by atoms with Crippen molar-refractivity contribution in [2.75, 3.05) is 13.2 Å². The molecule has 0 spiro atoms. The van der Waals surface area contributed by atoms with Gasteiger partial charge >= 0.3 is 0 Å². The van der Waals surface area contributed by atoms with Gasteiger partial charge in [0.05, 0.1) is 6.61 Å². The molecule has 0 aliphatic rings. The lowest BCUT2D eigenvalue weighted by atomic mass is 10.0. The number of ketones is 1. The number of hydrogen-bond acceptors (Lipinski definition) is 3. The van der Waals surface area contributed by atoms with Crippen LogP contribution in [-0.2, 0) is 9.53 Å². The maximum atomic E-state index is 11.9. The van der Waals surface area contributed by atoms with Crippen LogP contribution in [-0.4, -0.2) is 19.0 Å². The summed E-state index contributed by atoms with van der Waals surface area (Å²) in [5.41, 5.74) is 0.902. The van der Waals surface area contributed by atoms with Gasteiger partial charge in [-0.05, 0) is 31.0 Å². The van der Waals surface area contributed by atoms with Crippen LogP contribution in [0.5, 0.6) is 5.75 Å². The highest BCUT2D eigenvalue weighted by atomic mass is 16.5. The highest BCUT2D eigenvalue weighted by molar-refractivity contribution is 5.84. The van der Waals surface area contributed by atoms with Crippen LogP contribution in [0.1, 0.15) is 45.3 Å². The van der Waals surface area contributed by atoms with E-state index in [1.54, 1.807) is 0 Å². The zero-order chi connectivity index (χ0) is 13.4. The fourth-order valence-electron chi connectivity index (χ4n) is 1.70. The van der Waals surface area contributed by atoms with Gasteiger partial charge in [-0.15, -0.1) is 0 Å². The molecule has 0 aliphatic heterocycles. The zero-order valence-electron chi connectivity index (χ0n) is 11.4. The molecule has 0 N–H and O–H groups in total. The number of Topliss-reactive ketones (excluding diaryl/α,β-unsaturated/α-hetero) is 1. The molecule has 0 aromatic heterocycles. The van der Waals surface area contributed by atoms with E-state index in [0.717, 1.165) is 17.7 Å². The number of carbonyl (C=O) groups is 1. The van der Waals surface area contributed by atoms with Crippen LogP contribution in [0.2, 0.25) is 0 Å². The predicted octanol–water partition coefficient (Wildman–Crippen LogP) is 3.53. The average Bonchev–Trinajstić information content (AvgIpc) is 2.41. The van der Waals surface area contributed by atoms with E-state index in [4.69, 9.17) is 9.47 Å². The van der Waals surface area contributed by atoms with Crippen LogP contribution in [0.15, 0.2) is 24.3 Å². The Hall–Kier alpha value is -1.35. The summed E-state index contributed by atoms with van der Waals surface area (Å²) in [7, 11) is 0. The van der Waals surface area contributed by atoms with Crippen LogP contribution >= 0.6 is 0 Å². The van der Waals surface area contributed by atoms with Gasteiger partial charge in [-0.2, -0.15) is 0 Å². The first-order valence-electron chi connectivity index (χ1n) is 6.59. The van der Waals surface area contributed by atoms with E-state index in [1.165, 1.54) is 0 Å². The second kappa shape index (κ2) is 7.88. The Labute approximate surface area is 109 Å². The van der Waals surface area contributed by atoms with Gasteiger partial charge in [-0.25, -0.2) is 0 Å². The Morgan fingerprint density at radius 2 is 1.83 bits per heavy atom. The van der Waals surface area contributed by atoms with Gasteiger partial charge in [0, 0.05) is 13.0 Å². The van der Waals surface area contributed by atoms with Gasteiger partial charge in [0.15, 0.2) is 5.78 Å². The summed E-state index contributed by atoms with van der Waals surface area (Å²) in [5.74, 6) is 0.937. The number of ether oxygens (including phenoxy) is 2. The highest BCUT2D eigenvalue weighted by Gasteiger charge is 2.19. The molecule has 0 saturated heterocycles. The number of rotatable bonds is 8. The maximum Gasteiger partial charge on any atom is 0.165 e. The van der Waals surface area contributed by atoms with E-state index in [1.807, 2.05) is 45.0 Å². The molecule has 3 heteroatoms. The van der Waals surface area contributed by atoms with E-state index >= 15 is 0 Å². The molecule has 0 radical (unpaired) electrons. The van der Waals surface area contributed by atoms with Crippen molar-refractivity contribution < 1.29 is 14.3 Å². The third kappa shape index (κ3) is 4.15. The number of carbonyl (C=O) groups excluding carboxylic acids is 1. The van der Waals surface area contributed by atoms with Crippen molar-refractivity contribution >= 4 is 5.78 Å². The fraction of sp³-hybridized carbons (Fsp3) is 0.533. The van der Waals surface area contributed by atoms with Crippen LogP contribution < -0.4 is 4.74 Å². The van der Waals surface area contributed by atoms with Crippen molar-refractivity contribution in [3.05, 3.63) is 29.8 Å². The molecule has 0 fully saturated rings. The molecule has 1 atom stereocenters. The molecule has 100 valence electrons. The molecule has 0 aliphatic carbocycles. The summed E-state index contributed by atoms with van der Waals surface area (Å²) in [4.78, 5) is 11.9. The minimum Gasteiger partial charge on any atom is -0.494 e. The van der Waals surface area contributed by atoms with Crippen molar-refractivity contribution in [2.45, 2.75) is 39.7 Å². The molecule has 0 bridgehead atoms. The van der Waals surface area contributed by atoms with E-state index in [0.29, 0.717) is 19.6 Å². The van der Waals surface area contributed by atoms with Gasteiger partial charge in [0.2, 0.25) is 0 Å². The van der Waals surface area contributed by atoms with Gasteiger partial charge in [0.1, 0.15) is 11.9 Å². The van der Waals surface area contributed by atoms with Gasteiger partial charge < -0.3 is 9.47 Å². The molecule has 1 rings (SSSR count). The normalized spacial score (nSPS) is 12.2. The second-order valence-electron chi connectivity index (χ2n) is 4.07. The minimum absolute atomic E-state index is 0.118. The van der Waals surface area contributed by atoms with Crippen LogP contribution in [0, 0.1) is 0 Å². The van der Waals surface area contributed by atoms with E-state index < -0.39 is 6.10 Å². The Balaban J connectivity index is 2.80. The van der Waals surface area contributed by atoms with Crippen molar-refractivity contribution in [1.82, 2.24) is 0 Å². The molecular weight excluding hydrogens is 228 g/mol. The van der Waals surface area contributed by atoms with Crippen LogP contribution in [0.4, 0.5) is 0 Å². The monoisotopic (exact) mass is 250 g/mol. The Morgan fingerprint density at radius 3 is 2.33 bits per heavy atom. The lowest BCUT2D eigenvalue weighted by molar-refractivity contribution is -0.130. The molecule has 0 heterocycles. The van der Waals surface area contributed by atoms with Gasteiger partial charge in [0.25, 0.3) is 0 Å². The van der Waals surface area contributed by atoms with E-state index in [-0.39, 0.29) is 5.78 Å². The lowest BCUT2D eigenvalue weighted by Crippen LogP contribution is -2.15. The molecule has 0 amide bonds. The van der Waals surface area contributed by atoms with Crippen molar-refractivity contribution in [3.8, 4) is 5.75 Å². The van der Waals surface area contributed by atoms with E-state index in [9.17, 15) is 4.79 Å². The molecule has 1 aromatic carbocycles. The minimum atomic E-state index is -0.439. The predicted molar refractivity (Wildman–Crippen MR) is 71.9 cm³/mol. The molecule has 1 aromatic rings. The molecule has 1 unspecified atom stereocenters. The van der Waals surface area contributed by atoms with Crippen molar-refractivity contribution in [3.63, 3.8) is 0 Å². The van der Waals surface area contributed by atoms with Gasteiger partial charge in [-0.3, -0.25) is 4.79 Å². The summed E-state index contributed by atoms with van der Waals surface area (Å²) in [5, 5.41) is 0. The molecular formula is C15H22O3. The first kappa shape index (κ1) is 14.7. The average molecular weight is 250 g/mol. The Morgan fingerprint density at radius 1 is 1.17 bits per heavy atom. The maximum absolute atomic E-state index is 11.9.